The van der Waals surface area contributed by atoms with Gasteiger partial charge in [-0.2, -0.15) is 0 Å². The molecule has 1 unspecified atom stereocenters. The lowest BCUT2D eigenvalue weighted by molar-refractivity contribution is -0.125. The maximum Gasteiger partial charge on any atom is 0.258 e. The fourth-order valence-electron chi connectivity index (χ4n) is 1.68. The van der Waals surface area contributed by atoms with E-state index in [1.165, 1.54) is 0 Å². The highest BCUT2D eigenvalue weighted by Crippen LogP contribution is 2.27. The SMILES string of the molecule is CCC(C)(CCO)NC(=O)COc1ccc(Cl)cc1Br. The van der Waals surface area contributed by atoms with Crippen molar-refractivity contribution in [1.82, 2.24) is 5.32 Å². The van der Waals surface area contributed by atoms with Crippen LogP contribution >= 0.6 is 27.5 Å². The van der Waals surface area contributed by atoms with Crippen LogP contribution in [0.5, 0.6) is 5.75 Å². The van der Waals surface area contributed by atoms with Gasteiger partial charge in [-0.3, -0.25) is 4.79 Å². The van der Waals surface area contributed by atoms with Crippen molar-refractivity contribution in [3.63, 3.8) is 0 Å². The number of hydrogen-bond donors (Lipinski definition) is 2. The summed E-state index contributed by atoms with van der Waals surface area (Å²) >= 11 is 9.15. The third kappa shape index (κ3) is 5.31. The van der Waals surface area contributed by atoms with Gasteiger partial charge < -0.3 is 15.2 Å². The molecule has 1 aromatic rings. The maximum absolute atomic E-state index is 11.9. The van der Waals surface area contributed by atoms with Gasteiger partial charge in [0.05, 0.1) is 4.47 Å². The van der Waals surface area contributed by atoms with Crippen LogP contribution in [0.25, 0.3) is 0 Å². The first-order valence-corrected chi connectivity index (χ1v) is 7.57. The van der Waals surface area contributed by atoms with Crippen molar-refractivity contribution in [1.29, 1.82) is 0 Å². The summed E-state index contributed by atoms with van der Waals surface area (Å²) in [6.45, 7) is 3.82. The molecule has 6 heteroatoms. The summed E-state index contributed by atoms with van der Waals surface area (Å²) < 4.78 is 6.14. The second-order valence-corrected chi connectivity index (χ2v) is 6.09. The van der Waals surface area contributed by atoms with Crippen molar-refractivity contribution in [2.45, 2.75) is 32.2 Å². The molecule has 4 nitrogen and oxygen atoms in total. The number of nitrogens with one attached hydrogen (secondary N) is 1. The number of ether oxygens (including phenoxy) is 1. The van der Waals surface area contributed by atoms with E-state index in [2.05, 4.69) is 21.2 Å². The first-order valence-electron chi connectivity index (χ1n) is 6.40. The van der Waals surface area contributed by atoms with Gasteiger partial charge in [-0.1, -0.05) is 18.5 Å². The molecule has 0 aliphatic rings. The number of aliphatic hydroxyl groups excluding tert-OH is 1. The van der Waals surface area contributed by atoms with Crippen molar-refractivity contribution >= 4 is 33.4 Å². The molecule has 112 valence electrons. The molecule has 0 heterocycles. The number of benzene rings is 1. The number of carbonyl (C=O) groups excluding carboxylic acids is 1. The molecule has 0 bridgehead atoms. The normalized spacial score (nSPS) is 13.7. The van der Waals surface area contributed by atoms with E-state index >= 15 is 0 Å². The molecule has 1 rings (SSSR count). The molecule has 0 aromatic heterocycles. The van der Waals surface area contributed by atoms with Gasteiger partial charge in [0.15, 0.2) is 6.61 Å². The standard InChI is InChI=1S/C14H19BrClNO3/c1-3-14(2,6-7-18)17-13(19)9-20-12-5-4-10(16)8-11(12)15/h4-5,8,18H,3,6-7,9H2,1-2H3,(H,17,19). The molecular weight excluding hydrogens is 346 g/mol. The largest absolute Gasteiger partial charge is 0.483 e. The van der Waals surface area contributed by atoms with Crippen LogP contribution in [0.3, 0.4) is 0 Å². The molecule has 1 atom stereocenters. The topological polar surface area (TPSA) is 58.6 Å². The highest BCUT2D eigenvalue weighted by molar-refractivity contribution is 9.10. The van der Waals surface area contributed by atoms with Crippen molar-refractivity contribution in [3.8, 4) is 5.75 Å². The van der Waals surface area contributed by atoms with Crippen LogP contribution in [-0.2, 0) is 4.79 Å². The first kappa shape index (κ1) is 17.3. The predicted octanol–water partition coefficient (Wildman–Crippen LogP) is 3.15. The number of aliphatic hydroxyl groups is 1. The van der Waals surface area contributed by atoms with E-state index in [0.29, 0.717) is 21.7 Å². The number of amides is 1. The van der Waals surface area contributed by atoms with Gasteiger partial charge in [0, 0.05) is 17.2 Å². The highest BCUT2D eigenvalue weighted by atomic mass is 79.9. The van der Waals surface area contributed by atoms with Crippen LogP contribution in [-0.4, -0.2) is 29.8 Å². The summed E-state index contributed by atoms with van der Waals surface area (Å²) in [5.74, 6) is 0.342. The lowest BCUT2D eigenvalue weighted by Gasteiger charge is -2.28. The number of rotatable bonds is 7. The predicted molar refractivity (Wildman–Crippen MR) is 83.2 cm³/mol. The van der Waals surface area contributed by atoms with Gasteiger partial charge in [-0.05, 0) is 53.9 Å². The van der Waals surface area contributed by atoms with E-state index < -0.39 is 5.54 Å². The second kappa shape index (κ2) is 7.86. The fraction of sp³-hybridized carbons (Fsp3) is 0.500. The minimum atomic E-state index is -0.410. The van der Waals surface area contributed by atoms with Gasteiger partial charge in [0.1, 0.15) is 5.75 Å². The Morgan fingerprint density at radius 3 is 2.80 bits per heavy atom. The summed E-state index contributed by atoms with van der Waals surface area (Å²) in [4.78, 5) is 11.9. The Balaban J connectivity index is 2.54. The van der Waals surface area contributed by atoms with Crippen molar-refractivity contribution in [3.05, 3.63) is 27.7 Å². The third-order valence-electron chi connectivity index (χ3n) is 3.14. The second-order valence-electron chi connectivity index (χ2n) is 4.80. The summed E-state index contributed by atoms with van der Waals surface area (Å²) in [6.07, 6.45) is 1.25. The van der Waals surface area contributed by atoms with Crippen LogP contribution in [0.4, 0.5) is 0 Å². The number of hydrogen-bond acceptors (Lipinski definition) is 3. The molecule has 0 spiro atoms. The number of carbonyl (C=O) groups is 1. The monoisotopic (exact) mass is 363 g/mol. The van der Waals surface area contributed by atoms with Crippen LogP contribution in [0.15, 0.2) is 22.7 Å². The molecule has 0 aliphatic heterocycles. The summed E-state index contributed by atoms with van der Waals surface area (Å²) in [7, 11) is 0. The highest BCUT2D eigenvalue weighted by Gasteiger charge is 2.23. The lowest BCUT2D eigenvalue weighted by Crippen LogP contribution is -2.47. The van der Waals surface area contributed by atoms with E-state index in [1.807, 2.05) is 13.8 Å². The Hall–Kier alpha value is -0.780. The van der Waals surface area contributed by atoms with Gasteiger partial charge in [0.2, 0.25) is 0 Å². The summed E-state index contributed by atoms with van der Waals surface area (Å²) in [5, 5.41) is 12.5. The van der Waals surface area contributed by atoms with E-state index in [9.17, 15) is 4.79 Å². The molecule has 0 aliphatic carbocycles. The van der Waals surface area contributed by atoms with Crippen LogP contribution in [0.1, 0.15) is 26.7 Å². The maximum atomic E-state index is 11.9. The first-order chi connectivity index (χ1) is 9.40. The Morgan fingerprint density at radius 1 is 1.55 bits per heavy atom. The van der Waals surface area contributed by atoms with Crippen LogP contribution < -0.4 is 10.1 Å². The Morgan fingerprint density at radius 2 is 2.25 bits per heavy atom. The Bertz CT molecular complexity index is 470. The van der Waals surface area contributed by atoms with E-state index in [0.717, 1.165) is 6.42 Å². The van der Waals surface area contributed by atoms with Gasteiger partial charge >= 0.3 is 0 Å². The zero-order valence-electron chi connectivity index (χ0n) is 11.6. The average molecular weight is 365 g/mol. The van der Waals surface area contributed by atoms with Crippen molar-refractivity contribution < 1.29 is 14.6 Å². The van der Waals surface area contributed by atoms with Gasteiger partial charge in [-0.15, -0.1) is 0 Å². The minimum Gasteiger partial charge on any atom is -0.483 e. The summed E-state index contributed by atoms with van der Waals surface area (Å²) in [5.41, 5.74) is -0.410. The van der Waals surface area contributed by atoms with Crippen molar-refractivity contribution in [2.24, 2.45) is 0 Å². The van der Waals surface area contributed by atoms with E-state index in [-0.39, 0.29) is 19.1 Å². The lowest BCUT2D eigenvalue weighted by atomic mass is 9.95. The molecular formula is C14H19BrClNO3. The van der Waals surface area contributed by atoms with Gasteiger partial charge in [-0.25, -0.2) is 0 Å². The quantitative estimate of drug-likeness (QED) is 0.781. The molecule has 2 N–H and O–H groups in total. The van der Waals surface area contributed by atoms with E-state index in [4.69, 9.17) is 21.4 Å². The Kier molecular flexibility index (Phi) is 6.79. The smallest absolute Gasteiger partial charge is 0.258 e. The van der Waals surface area contributed by atoms with Gasteiger partial charge in [0.25, 0.3) is 5.91 Å². The molecule has 0 saturated carbocycles. The minimum absolute atomic E-state index is 0.0359. The van der Waals surface area contributed by atoms with Crippen LogP contribution in [0, 0.1) is 0 Å². The summed E-state index contributed by atoms with van der Waals surface area (Å²) in [6, 6.07) is 5.10. The zero-order valence-corrected chi connectivity index (χ0v) is 13.9. The molecule has 0 fully saturated rings. The average Bonchev–Trinajstić information content (AvgIpc) is 2.38. The zero-order chi connectivity index (χ0) is 15.2. The van der Waals surface area contributed by atoms with Crippen molar-refractivity contribution in [2.75, 3.05) is 13.2 Å². The molecule has 1 amide bonds. The fourth-order valence-corrected chi connectivity index (χ4v) is 2.48. The molecule has 0 radical (unpaired) electrons. The Labute approximate surface area is 132 Å². The molecule has 20 heavy (non-hydrogen) atoms. The number of halogens is 2. The molecule has 1 aromatic carbocycles. The third-order valence-corrected chi connectivity index (χ3v) is 3.99. The molecule has 0 saturated heterocycles. The van der Waals surface area contributed by atoms with E-state index in [1.54, 1.807) is 18.2 Å². The van der Waals surface area contributed by atoms with Crippen LogP contribution in [0.2, 0.25) is 5.02 Å².